The van der Waals surface area contributed by atoms with Gasteiger partial charge in [0.1, 0.15) is 0 Å². The van der Waals surface area contributed by atoms with Crippen molar-refractivity contribution in [3.8, 4) is 11.4 Å². The van der Waals surface area contributed by atoms with Crippen molar-refractivity contribution in [2.24, 2.45) is 0 Å². The van der Waals surface area contributed by atoms with E-state index in [0.717, 1.165) is 60.1 Å². The van der Waals surface area contributed by atoms with Gasteiger partial charge in [-0.25, -0.2) is 41.8 Å². The monoisotopic (exact) mass is 880 g/mol. The fraction of sp³-hybridized carbons (Fsp3) is 0.375. The summed E-state index contributed by atoms with van der Waals surface area (Å²) in [6.07, 6.45) is 0. The number of halogens is 4. The van der Waals surface area contributed by atoms with Gasteiger partial charge in [0.2, 0.25) is 0 Å². The number of aryl methyl sites for hydroxylation is 2. The van der Waals surface area contributed by atoms with E-state index in [2.05, 4.69) is 21.9 Å². The van der Waals surface area contributed by atoms with Gasteiger partial charge in [-0.15, -0.1) is 36.4 Å². The fourth-order valence-corrected chi connectivity index (χ4v) is 6.48. The minimum absolute atomic E-state index is 0. The molecular weight excluding hydrogens is 820 g/mol. The van der Waals surface area contributed by atoms with Crippen LogP contribution >= 0.6 is 0 Å². The van der Waals surface area contributed by atoms with E-state index in [4.69, 9.17) is 18.9 Å². The van der Waals surface area contributed by atoms with Crippen molar-refractivity contribution in [2.45, 2.75) is 40.8 Å². The van der Waals surface area contributed by atoms with Gasteiger partial charge in [0.15, 0.2) is 0 Å². The molecule has 328 valence electrons. The zero-order valence-corrected chi connectivity index (χ0v) is 38.3. The number of benzene rings is 2. The fourth-order valence-electron chi connectivity index (χ4n) is 6.48. The smallest absolute Gasteiger partial charge is 0.383 e. The molecule has 0 saturated heterocycles. The van der Waals surface area contributed by atoms with Crippen molar-refractivity contribution in [1.29, 1.82) is 0 Å². The minimum Gasteiger partial charge on any atom is -0.383 e. The van der Waals surface area contributed by atoms with Crippen molar-refractivity contribution in [2.75, 3.05) is 81.0 Å². The van der Waals surface area contributed by atoms with Crippen LogP contribution in [0.5, 0.6) is 0 Å². The molecule has 0 aliphatic rings. The SMILES string of the molecule is COCCN(CCOC)Cc1cc(C)n(-c2ccc(F)[c-]c2F)c1C.COCCN(CCOC)Cc1cc(C)n(-c2ccc(F)[c-]c2F)c1C.[Ti+4].c1cc[cH-]c1.c1cc[cH-]c1. The Labute approximate surface area is 375 Å². The molecule has 2 aromatic heterocycles. The van der Waals surface area contributed by atoms with Crippen LogP contribution in [0.1, 0.15) is 33.9 Å². The van der Waals surface area contributed by atoms with Crippen LogP contribution in [0.15, 0.2) is 97.1 Å². The maximum atomic E-state index is 14.1. The number of aromatic nitrogens is 2. The Hall–Kier alpha value is -4.11. The summed E-state index contributed by atoms with van der Waals surface area (Å²) in [5, 5.41) is 0. The van der Waals surface area contributed by atoms with Gasteiger partial charge in [0.05, 0.1) is 26.4 Å². The molecular formula is C48H60F4N4O4Ti. The first-order valence-corrected chi connectivity index (χ1v) is 19.8. The molecule has 0 bridgehead atoms. The van der Waals surface area contributed by atoms with Gasteiger partial charge in [-0.1, -0.05) is 0 Å². The molecule has 6 rings (SSSR count). The van der Waals surface area contributed by atoms with Crippen molar-refractivity contribution >= 4 is 0 Å². The van der Waals surface area contributed by atoms with Crippen LogP contribution in [0, 0.1) is 63.1 Å². The molecule has 0 N–H and O–H groups in total. The molecule has 0 unspecified atom stereocenters. The molecule has 0 aliphatic heterocycles. The van der Waals surface area contributed by atoms with Gasteiger partial charge in [-0.2, -0.15) is 36.4 Å². The third-order valence-corrected chi connectivity index (χ3v) is 9.58. The summed E-state index contributed by atoms with van der Waals surface area (Å²) in [5.74, 6) is -2.78. The van der Waals surface area contributed by atoms with Crippen LogP contribution in [0.3, 0.4) is 0 Å². The molecule has 0 spiro atoms. The van der Waals surface area contributed by atoms with E-state index >= 15 is 0 Å². The molecule has 61 heavy (non-hydrogen) atoms. The first-order valence-electron chi connectivity index (χ1n) is 19.8. The average molecular weight is 881 g/mol. The maximum absolute atomic E-state index is 14.1. The second-order valence-electron chi connectivity index (χ2n) is 13.9. The van der Waals surface area contributed by atoms with Crippen molar-refractivity contribution in [3.63, 3.8) is 0 Å². The largest absolute Gasteiger partial charge is 4.00 e. The van der Waals surface area contributed by atoms with E-state index in [9.17, 15) is 17.6 Å². The van der Waals surface area contributed by atoms with Crippen molar-refractivity contribution in [3.05, 3.63) is 166 Å². The molecule has 2 heterocycles. The Morgan fingerprint density at radius 2 is 0.836 bits per heavy atom. The van der Waals surface area contributed by atoms with E-state index in [1.165, 1.54) is 24.3 Å². The Balaban J connectivity index is 0.000000335. The second-order valence-corrected chi connectivity index (χ2v) is 13.9. The standard InChI is InChI=1S/2C19H25F2N2O2.2C5H5.Ti/c2*1-14-11-16(13-22(7-9-24-3)8-10-25-4)15(2)23(14)19-6-5-17(20)12-18(19)21;2*1-2-4-5-3-1;/h2*5-6,11H,7-10,13H2,1-4H3;2*1-5H;/q4*-1;+4. The number of nitrogens with zero attached hydrogens (tertiary/aromatic N) is 4. The van der Waals surface area contributed by atoms with Crippen LogP contribution in [0.25, 0.3) is 11.4 Å². The summed E-state index contributed by atoms with van der Waals surface area (Å²) in [7, 11) is 6.70. The van der Waals surface area contributed by atoms with E-state index < -0.39 is 23.3 Å². The molecule has 0 atom stereocenters. The first kappa shape index (κ1) is 53.0. The van der Waals surface area contributed by atoms with E-state index in [1.807, 2.05) is 100 Å². The van der Waals surface area contributed by atoms with Gasteiger partial charge >= 0.3 is 21.7 Å². The predicted octanol–water partition coefficient (Wildman–Crippen LogP) is 9.34. The Bertz CT molecular complexity index is 1850. The third kappa shape index (κ3) is 17.7. The Morgan fingerprint density at radius 3 is 1.08 bits per heavy atom. The first-order chi connectivity index (χ1) is 28.9. The summed E-state index contributed by atoms with van der Waals surface area (Å²) in [5.41, 5.74) is 6.44. The zero-order chi connectivity index (χ0) is 43.9. The summed E-state index contributed by atoms with van der Waals surface area (Å²) in [6, 6.07) is 33.6. The van der Waals surface area contributed by atoms with Crippen LogP contribution in [0.4, 0.5) is 17.6 Å². The number of ether oxygens (including phenoxy) is 4. The molecule has 8 nitrogen and oxygen atoms in total. The molecule has 6 aromatic rings. The summed E-state index contributed by atoms with van der Waals surface area (Å²) < 4.78 is 78.8. The minimum atomic E-state index is -0.700. The molecule has 13 heteroatoms. The van der Waals surface area contributed by atoms with E-state index in [0.29, 0.717) is 50.9 Å². The Kier molecular flexibility index (Phi) is 25.4. The van der Waals surface area contributed by atoms with E-state index in [-0.39, 0.29) is 21.7 Å². The summed E-state index contributed by atoms with van der Waals surface area (Å²) in [6.45, 7) is 14.8. The van der Waals surface area contributed by atoms with Crippen molar-refractivity contribution < 1.29 is 58.2 Å². The van der Waals surface area contributed by atoms with Gasteiger partial charge in [-0.05, 0) is 62.3 Å². The average Bonchev–Trinajstić information content (AvgIpc) is 4.08. The Morgan fingerprint density at radius 1 is 0.525 bits per heavy atom. The van der Waals surface area contributed by atoms with Gasteiger partial charge < -0.3 is 28.1 Å². The number of methoxy groups -OCH3 is 4. The second kappa shape index (κ2) is 29.2. The molecule has 0 fully saturated rings. The van der Waals surface area contributed by atoms with Crippen LogP contribution in [-0.2, 0) is 53.8 Å². The molecule has 0 radical (unpaired) electrons. The van der Waals surface area contributed by atoms with Crippen LogP contribution < -0.4 is 0 Å². The third-order valence-electron chi connectivity index (χ3n) is 9.58. The summed E-state index contributed by atoms with van der Waals surface area (Å²) in [4.78, 5) is 4.46. The van der Waals surface area contributed by atoms with Crippen LogP contribution in [0.2, 0.25) is 0 Å². The van der Waals surface area contributed by atoms with Gasteiger partial charge in [-0.3, -0.25) is 9.80 Å². The normalized spacial score (nSPS) is 10.7. The predicted molar refractivity (Wildman–Crippen MR) is 230 cm³/mol. The zero-order valence-electron chi connectivity index (χ0n) is 36.7. The number of hydrogen-bond acceptors (Lipinski definition) is 6. The molecule has 0 amide bonds. The topological polar surface area (TPSA) is 53.3 Å². The van der Waals surface area contributed by atoms with Crippen LogP contribution in [-0.4, -0.2) is 100.0 Å². The maximum Gasteiger partial charge on any atom is 4.00 e. The number of rotatable bonds is 18. The van der Waals surface area contributed by atoms with Gasteiger partial charge in [0, 0.05) is 114 Å². The quantitative estimate of drug-likeness (QED) is 0.0488. The molecule has 4 aromatic carbocycles. The molecule has 0 aliphatic carbocycles. The summed E-state index contributed by atoms with van der Waals surface area (Å²) >= 11 is 0. The van der Waals surface area contributed by atoms with Crippen molar-refractivity contribution in [1.82, 2.24) is 18.9 Å². The number of hydrogen-bond donors (Lipinski definition) is 0. The van der Waals surface area contributed by atoms with E-state index in [1.54, 1.807) is 37.6 Å². The molecule has 0 saturated carbocycles. The van der Waals surface area contributed by atoms with Gasteiger partial charge in [0.25, 0.3) is 0 Å².